The summed E-state index contributed by atoms with van der Waals surface area (Å²) in [5.74, 6) is 0. The molecule has 0 heterocycles. The van der Waals surface area contributed by atoms with Crippen LogP contribution < -0.4 is 4.72 Å². The Morgan fingerprint density at radius 3 is 2.80 bits per heavy atom. The molecule has 0 fully saturated rings. The summed E-state index contributed by atoms with van der Waals surface area (Å²) in [7, 11) is 0. The van der Waals surface area contributed by atoms with E-state index in [-0.39, 0.29) is 12.2 Å². The smallest absolute Gasteiger partial charge is 0.417 e. The minimum Gasteiger partial charge on any atom is -0.446 e. The average molecular weight is 163 g/mol. The minimum absolute atomic E-state index is 0.00662. The Morgan fingerprint density at radius 2 is 2.40 bits per heavy atom. The summed E-state index contributed by atoms with van der Waals surface area (Å²) < 4.78 is 7.34. The van der Waals surface area contributed by atoms with Gasteiger partial charge in [0, 0.05) is 6.26 Å². The van der Waals surface area contributed by atoms with E-state index in [4.69, 9.17) is 4.74 Å². The van der Waals surface area contributed by atoms with E-state index in [9.17, 15) is 4.79 Å². The Kier molecular flexibility index (Phi) is 5.20. The summed E-state index contributed by atoms with van der Waals surface area (Å²) >= 11 is 1.24. The first-order valence-corrected chi connectivity index (χ1v) is 4.42. The highest BCUT2D eigenvalue weighted by Gasteiger charge is 2.04. The number of nitrogens with one attached hydrogen (secondary N) is 1. The molecule has 4 heteroatoms. The number of hydrogen-bond donors (Lipinski definition) is 1. The van der Waals surface area contributed by atoms with Gasteiger partial charge in [0.15, 0.2) is 0 Å². The van der Waals surface area contributed by atoms with Crippen LogP contribution in [-0.2, 0) is 4.74 Å². The summed E-state index contributed by atoms with van der Waals surface area (Å²) in [6.45, 7) is 3.83. The minimum atomic E-state index is -0.359. The van der Waals surface area contributed by atoms with Gasteiger partial charge in [-0.05, 0) is 13.3 Å². The third-order valence-corrected chi connectivity index (χ3v) is 1.44. The standard InChI is InChI=1S/C6H13NO2S/c1-4-5(2)9-6(8)7-10-3/h5H,4H2,1-3H3,(H,7,8). The van der Waals surface area contributed by atoms with Crippen LogP contribution in [0.3, 0.4) is 0 Å². The zero-order valence-electron chi connectivity index (χ0n) is 6.51. The van der Waals surface area contributed by atoms with Crippen LogP contribution in [0.1, 0.15) is 20.3 Å². The van der Waals surface area contributed by atoms with Gasteiger partial charge in [-0.2, -0.15) is 0 Å². The van der Waals surface area contributed by atoms with Crippen molar-refractivity contribution in [3.63, 3.8) is 0 Å². The van der Waals surface area contributed by atoms with Crippen molar-refractivity contribution in [2.24, 2.45) is 0 Å². The van der Waals surface area contributed by atoms with Gasteiger partial charge in [-0.3, -0.25) is 4.72 Å². The van der Waals surface area contributed by atoms with Crippen LogP contribution in [0.2, 0.25) is 0 Å². The highest BCUT2D eigenvalue weighted by molar-refractivity contribution is 7.97. The van der Waals surface area contributed by atoms with Crippen molar-refractivity contribution in [2.45, 2.75) is 26.4 Å². The maximum absolute atomic E-state index is 10.7. The molecule has 0 spiro atoms. The highest BCUT2D eigenvalue weighted by Crippen LogP contribution is 1.97. The molecule has 1 atom stereocenters. The second-order valence-electron chi connectivity index (χ2n) is 1.93. The SMILES string of the molecule is CCC(C)OC(=O)NSC. The lowest BCUT2D eigenvalue weighted by Gasteiger charge is -2.09. The Hall–Kier alpha value is -0.380. The molecule has 0 aliphatic heterocycles. The molecular weight excluding hydrogens is 150 g/mol. The van der Waals surface area contributed by atoms with Crippen molar-refractivity contribution in [1.29, 1.82) is 0 Å². The largest absolute Gasteiger partial charge is 0.446 e. The van der Waals surface area contributed by atoms with Crippen molar-refractivity contribution in [3.8, 4) is 0 Å². The molecule has 0 aliphatic carbocycles. The summed E-state index contributed by atoms with van der Waals surface area (Å²) in [6, 6.07) is 0. The third-order valence-electron chi connectivity index (χ3n) is 1.07. The van der Waals surface area contributed by atoms with Gasteiger partial charge in [0.25, 0.3) is 0 Å². The monoisotopic (exact) mass is 163 g/mol. The lowest BCUT2D eigenvalue weighted by atomic mass is 10.3. The maximum Gasteiger partial charge on any atom is 0.417 e. The molecule has 60 valence electrons. The Morgan fingerprint density at radius 1 is 1.80 bits per heavy atom. The van der Waals surface area contributed by atoms with Crippen LogP contribution in [0.15, 0.2) is 0 Å². The van der Waals surface area contributed by atoms with Gasteiger partial charge < -0.3 is 4.74 Å². The van der Waals surface area contributed by atoms with Gasteiger partial charge >= 0.3 is 6.09 Å². The molecule has 0 aromatic carbocycles. The first-order valence-electron chi connectivity index (χ1n) is 3.20. The molecule has 0 aliphatic rings. The van der Waals surface area contributed by atoms with Gasteiger partial charge in [0.2, 0.25) is 0 Å². The topological polar surface area (TPSA) is 38.3 Å². The molecule has 0 radical (unpaired) electrons. The average Bonchev–Trinajstić information content (AvgIpc) is 1.88. The number of carbonyl (C=O) groups excluding carboxylic acids is 1. The number of hydrogen-bond acceptors (Lipinski definition) is 3. The van der Waals surface area contributed by atoms with Crippen molar-refractivity contribution in [3.05, 3.63) is 0 Å². The molecule has 3 nitrogen and oxygen atoms in total. The molecule has 1 amide bonds. The highest BCUT2D eigenvalue weighted by atomic mass is 32.2. The van der Waals surface area contributed by atoms with Crippen molar-refractivity contribution >= 4 is 18.0 Å². The van der Waals surface area contributed by atoms with E-state index in [1.54, 1.807) is 6.26 Å². The Balaban J connectivity index is 3.37. The van der Waals surface area contributed by atoms with Crippen LogP contribution in [0.5, 0.6) is 0 Å². The first kappa shape index (κ1) is 9.62. The van der Waals surface area contributed by atoms with Crippen LogP contribution in [-0.4, -0.2) is 18.5 Å². The van der Waals surface area contributed by atoms with E-state index < -0.39 is 0 Å². The number of amides is 1. The normalized spacial score (nSPS) is 12.3. The second kappa shape index (κ2) is 5.41. The van der Waals surface area contributed by atoms with Crippen LogP contribution in [0.25, 0.3) is 0 Å². The van der Waals surface area contributed by atoms with Crippen LogP contribution >= 0.6 is 11.9 Å². The lowest BCUT2D eigenvalue weighted by molar-refractivity contribution is 0.111. The van der Waals surface area contributed by atoms with E-state index in [0.29, 0.717) is 0 Å². The molecular formula is C6H13NO2S. The molecule has 1 unspecified atom stereocenters. The molecule has 0 saturated carbocycles. The molecule has 0 bridgehead atoms. The maximum atomic E-state index is 10.7. The van der Waals surface area contributed by atoms with Gasteiger partial charge in [0.05, 0.1) is 0 Å². The second-order valence-corrected chi connectivity index (χ2v) is 2.54. The fourth-order valence-corrected chi connectivity index (χ4v) is 0.588. The Labute approximate surface area is 65.6 Å². The summed E-state index contributed by atoms with van der Waals surface area (Å²) in [5, 5.41) is 0. The van der Waals surface area contributed by atoms with E-state index in [2.05, 4.69) is 4.72 Å². The van der Waals surface area contributed by atoms with Gasteiger partial charge in [0.1, 0.15) is 6.10 Å². The van der Waals surface area contributed by atoms with Gasteiger partial charge in [-0.15, -0.1) is 0 Å². The predicted octanol–water partition coefficient (Wildman–Crippen LogP) is 1.79. The van der Waals surface area contributed by atoms with Gasteiger partial charge in [-0.25, -0.2) is 4.79 Å². The summed E-state index contributed by atoms with van der Waals surface area (Å²) in [6.07, 6.45) is 2.27. The molecule has 0 aromatic rings. The molecule has 10 heavy (non-hydrogen) atoms. The van der Waals surface area contributed by atoms with E-state index >= 15 is 0 Å². The number of ether oxygens (including phenoxy) is 1. The van der Waals surface area contributed by atoms with Crippen molar-refractivity contribution < 1.29 is 9.53 Å². The molecule has 0 rings (SSSR count). The zero-order valence-corrected chi connectivity index (χ0v) is 7.33. The van der Waals surface area contributed by atoms with E-state index in [1.165, 1.54) is 11.9 Å². The lowest BCUT2D eigenvalue weighted by Crippen LogP contribution is -2.21. The molecule has 0 aromatic heterocycles. The van der Waals surface area contributed by atoms with E-state index in [0.717, 1.165) is 6.42 Å². The zero-order chi connectivity index (χ0) is 7.98. The Bertz CT molecular complexity index is 108. The summed E-state index contributed by atoms with van der Waals surface area (Å²) in [4.78, 5) is 10.7. The number of rotatable bonds is 3. The van der Waals surface area contributed by atoms with Crippen LogP contribution in [0, 0.1) is 0 Å². The predicted molar refractivity (Wildman–Crippen MR) is 42.9 cm³/mol. The van der Waals surface area contributed by atoms with Gasteiger partial charge in [-0.1, -0.05) is 18.9 Å². The summed E-state index contributed by atoms with van der Waals surface area (Å²) in [5.41, 5.74) is 0. The third kappa shape index (κ3) is 4.49. The van der Waals surface area contributed by atoms with Crippen molar-refractivity contribution in [2.75, 3.05) is 6.26 Å². The number of carbonyl (C=O) groups is 1. The first-order chi connectivity index (χ1) is 4.70. The van der Waals surface area contributed by atoms with Crippen molar-refractivity contribution in [1.82, 2.24) is 4.72 Å². The fraction of sp³-hybridized carbons (Fsp3) is 0.833. The quantitative estimate of drug-likeness (QED) is 0.644. The molecule has 0 saturated heterocycles. The van der Waals surface area contributed by atoms with E-state index in [1.807, 2.05) is 13.8 Å². The molecule has 1 N–H and O–H groups in total. The fourth-order valence-electron chi connectivity index (χ4n) is 0.373. The van der Waals surface area contributed by atoms with Crippen LogP contribution in [0.4, 0.5) is 4.79 Å².